The molecule has 0 spiro atoms. The van der Waals surface area contributed by atoms with Crippen LogP contribution in [-0.2, 0) is 0 Å². The number of hydrogen-bond donors (Lipinski definition) is 2. The molecule has 11 heavy (non-hydrogen) atoms. The molecule has 0 fully saturated rings. The maximum atomic E-state index is 10.2. The highest BCUT2D eigenvalue weighted by Crippen LogP contribution is 2.13. The molecule has 0 saturated heterocycles. The van der Waals surface area contributed by atoms with Crippen LogP contribution in [0.3, 0.4) is 0 Å². The molecule has 0 saturated carbocycles. The lowest BCUT2D eigenvalue weighted by Gasteiger charge is -1.82. The molecule has 0 bridgehead atoms. The van der Waals surface area contributed by atoms with Crippen molar-refractivity contribution in [2.45, 2.75) is 0 Å². The van der Waals surface area contributed by atoms with Crippen molar-refractivity contribution < 1.29 is 19.8 Å². The van der Waals surface area contributed by atoms with Gasteiger partial charge in [0.05, 0.1) is 10.9 Å². The maximum Gasteiger partial charge on any atom is 0.345 e. The molecule has 1 rings (SSSR count). The molecule has 0 unspecified atom stereocenters. The summed E-state index contributed by atoms with van der Waals surface area (Å²) in [4.78, 5) is 20.4. The second kappa shape index (κ2) is 2.71. The van der Waals surface area contributed by atoms with Gasteiger partial charge in [0.1, 0.15) is 4.88 Å². The van der Waals surface area contributed by atoms with Gasteiger partial charge in [-0.25, -0.2) is 9.59 Å². The van der Waals surface area contributed by atoms with Crippen LogP contribution in [0.25, 0.3) is 0 Å². The molecule has 0 aliphatic rings. The summed E-state index contributed by atoms with van der Waals surface area (Å²) in [5, 5.41) is 19.1. The topological polar surface area (TPSA) is 74.6 Å². The molecule has 5 heteroatoms. The minimum Gasteiger partial charge on any atom is -0.478 e. The van der Waals surface area contributed by atoms with Gasteiger partial charge in [-0.2, -0.15) is 0 Å². The molecule has 0 aliphatic carbocycles. The Bertz CT molecular complexity index is 273. The summed E-state index contributed by atoms with van der Waals surface area (Å²) in [5.74, 6) is -2.28. The second-order valence-corrected chi connectivity index (χ2v) is 2.58. The number of aromatic carboxylic acids is 2. The molecule has 1 aromatic rings. The Kier molecular flexibility index (Phi) is 1.91. The highest BCUT2D eigenvalue weighted by molar-refractivity contribution is 7.11. The summed E-state index contributed by atoms with van der Waals surface area (Å²) in [7, 11) is 0. The predicted molar refractivity (Wildman–Crippen MR) is 37.1 cm³/mol. The molecular formula is C6H3O4S. The first kappa shape index (κ1) is 7.74. The van der Waals surface area contributed by atoms with Crippen LogP contribution in [0.1, 0.15) is 20.0 Å². The van der Waals surface area contributed by atoms with Crippen molar-refractivity contribution in [3.63, 3.8) is 0 Å². The van der Waals surface area contributed by atoms with Gasteiger partial charge in [0.25, 0.3) is 0 Å². The van der Waals surface area contributed by atoms with Crippen molar-refractivity contribution in [3.8, 4) is 0 Å². The van der Waals surface area contributed by atoms with Gasteiger partial charge >= 0.3 is 11.9 Å². The average Bonchev–Trinajstić information content (AvgIpc) is 2.33. The summed E-state index contributed by atoms with van der Waals surface area (Å²) in [6.07, 6.45) is 0. The van der Waals surface area contributed by atoms with Crippen LogP contribution < -0.4 is 0 Å². The Labute approximate surface area is 65.7 Å². The van der Waals surface area contributed by atoms with Crippen LogP contribution in [0.2, 0.25) is 0 Å². The van der Waals surface area contributed by atoms with E-state index in [-0.39, 0.29) is 10.4 Å². The summed E-state index contributed by atoms with van der Waals surface area (Å²) >= 11 is 0.781. The first-order chi connectivity index (χ1) is 5.11. The summed E-state index contributed by atoms with van der Waals surface area (Å²) in [6, 6.07) is 1.08. The van der Waals surface area contributed by atoms with Crippen molar-refractivity contribution in [1.82, 2.24) is 0 Å². The predicted octanol–water partition coefficient (Wildman–Crippen LogP) is 0.945. The number of rotatable bonds is 2. The molecule has 0 amide bonds. The van der Waals surface area contributed by atoms with Crippen molar-refractivity contribution in [3.05, 3.63) is 21.9 Å². The van der Waals surface area contributed by atoms with Gasteiger partial charge in [-0.3, -0.25) is 0 Å². The SMILES string of the molecule is O=C(O)c1[c]sc(C(=O)O)c1. The highest BCUT2D eigenvalue weighted by atomic mass is 32.1. The van der Waals surface area contributed by atoms with Crippen LogP contribution in [0, 0.1) is 5.38 Å². The summed E-state index contributed by atoms with van der Waals surface area (Å²) in [6.45, 7) is 0. The van der Waals surface area contributed by atoms with E-state index in [1.807, 2.05) is 0 Å². The van der Waals surface area contributed by atoms with Crippen LogP contribution in [0.15, 0.2) is 6.07 Å². The summed E-state index contributed by atoms with van der Waals surface area (Å²) in [5.41, 5.74) is -0.104. The van der Waals surface area contributed by atoms with E-state index in [1.165, 1.54) is 0 Å². The molecule has 0 aliphatic heterocycles. The van der Waals surface area contributed by atoms with Crippen LogP contribution in [0.4, 0.5) is 0 Å². The third kappa shape index (κ3) is 1.56. The van der Waals surface area contributed by atoms with Crippen molar-refractivity contribution in [2.75, 3.05) is 0 Å². The first-order valence-corrected chi connectivity index (χ1v) is 3.41. The van der Waals surface area contributed by atoms with E-state index >= 15 is 0 Å². The molecule has 1 radical (unpaired) electrons. The monoisotopic (exact) mass is 171 g/mol. The van der Waals surface area contributed by atoms with Gasteiger partial charge < -0.3 is 10.2 Å². The van der Waals surface area contributed by atoms with E-state index in [4.69, 9.17) is 10.2 Å². The molecule has 57 valence electrons. The van der Waals surface area contributed by atoms with Gasteiger partial charge in [0, 0.05) is 0 Å². The first-order valence-electron chi connectivity index (χ1n) is 2.59. The Morgan fingerprint density at radius 2 is 2.00 bits per heavy atom. The molecule has 4 nitrogen and oxygen atoms in total. The quantitative estimate of drug-likeness (QED) is 0.694. The third-order valence-corrected chi connectivity index (χ3v) is 1.82. The lowest BCUT2D eigenvalue weighted by Crippen LogP contribution is -1.94. The molecule has 1 aromatic heterocycles. The standard InChI is InChI=1S/C6H3O4S/c7-5(8)3-1-4(6(9)10)11-2-3/h1H,(H,7,8)(H,9,10). The normalized spacial score (nSPS) is 9.45. The number of carbonyl (C=O) groups is 2. The fourth-order valence-electron chi connectivity index (χ4n) is 0.511. The lowest BCUT2D eigenvalue weighted by molar-refractivity contribution is 0.0695. The molecular weight excluding hydrogens is 168 g/mol. The third-order valence-electron chi connectivity index (χ3n) is 0.988. The number of carboxylic acid groups (broad SMARTS) is 2. The Morgan fingerprint density at radius 3 is 2.27 bits per heavy atom. The van der Waals surface area contributed by atoms with Crippen molar-refractivity contribution in [1.29, 1.82) is 0 Å². The van der Waals surface area contributed by atoms with Crippen molar-refractivity contribution >= 4 is 23.3 Å². The van der Waals surface area contributed by atoms with E-state index in [1.54, 1.807) is 0 Å². The van der Waals surface area contributed by atoms with Gasteiger partial charge in [-0.15, -0.1) is 11.3 Å². The zero-order chi connectivity index (χ0) is 8.43. The largest absolute Gasteiger partial charge is 0.478 e. The fraction of sp³-hybridized carbons (Fsp3) is 0. The molecule has 0 atom stereocenters. The zero-order valence-corrected chi connectivity index (χ0v) is 6.01. The van der Waals surface area contributed by atoms with Crippen LogP contribution in [0.5, 0.6) is 0 Å². The zero-order valence-electron chi connectivity index (χ0n) is 5.20. The van der Waals surface area contributed by atoms with Crippen LogP contribution in [-0.4, -0.2) is 22.2 Å². The van der Waals surface area contributed by atoms with Gasteiger partial charge in [-0.05, 0) is 6.07 Å². The summed E-state index contributed by atoms with van der Waals surface area (Å²) < 4.78 is 0. The van der Waals surface area contributed by atoms with E-state index < -0.39 is 11.9 Å². The van der Waals surface area contributed by atoms with Gasteiger partial charge in [0.15, 0.2) is 0 Å². The molecule has 1 heterocycles. The van der Waals surface area contributed by atoms with E-state index in [9.17, 15) is 9.59 Å². The Balaban J connectivity index is 2.99. The highest BCUT2D eigenvalue weighted by Gasteiger charge is 2.10. The maximum absolute atomic E-state index is 10.2. The molecule has 0 aromatic carbocycles. The molecule has 2 N–H and O–H groups in total. The van der Waals surface area contributed by atoms with Gasteiger partial charge in [-0.1, -0.05) is 0 Å². The van der Waals surface area contributed by atoms with Gasteiger partial charge in [0.2, 0.25) is 0 Å². The minimum absolute atomic E-state index is 0.0117. The smallest absolute Gasteiger partial charge is 0.345 e. The Hall–Kier alpha value is -1.36. The van der Waals surface area contributed by atoms with E-state index in [0.29, 0.717) is 0 Å². The second-order valence-electron chi connectivity index (χ2n) is 1.74. The Morgan fingerprint density at radius 1 is 1.36 bits per heavy atom. The van der Waals surface area contributed by atoms with Crippen LogP contribution >= 0.6 is 11.3 Å². The van der Waals surface area contributed by atoms with Crippen molar-refractivity contribution in [2.24, 2.45) is 0 Å². The lowest BCUT2D eigenvalue weighted by atomic mass is 10.3. The minimum atomic E-state index is -1.16. The van der Waals surface area contributed by atoms with E-state index in [2.05, 4.69) is 5.38 Å². The van der Waals surface area contributed by atoms with E-state index in [0.717, 1.165) is 17.4 Å². The fourth-order valence-corrected chi connectivity index (χ4v) is 1.14. The average molecular weight is 171 g/mol. The number of hydrogen-bond acceptors (Lipinski definition) is 3. The number of carboxylic acids is 2. The number of thiophene rings is 1.